The summed E-state index contributed by atoms with van der Waals surface area (Å²) in [6, 6.07) is 13.2. The molecular formula is C19H24N2O5S2. The van der Waals surface area contributed by atoms with Crippen molar-refractivity contribution in [2.24, 2.45) is 0 Å². The number of hydrogen-bond acceptors (Lipinski definition) is 5. The molecule has 0 aliphatic carbocycles. The number of nitrogens with zero attached hydrogens (tertiary/aromatic N) is 1. The van der Waals surface area contributed by atoms with Gasteiger partial charge >= 0.3 is 0 Å². The third-order valence-electron chi connectivity index (χ3n) is 4.53. The van der Waals surface area contributed by atoms with Crippen molar-refractivity contribution >= 4 is 20.0 Å². The van der Waals surface area contributed by atoms with Gasteiger partial charge in [0, 0.05) is 19.6 Å². The molecule has 0 saturated carbocycles. The molecule has 0 amide bonds. The van der Waals surface area contributed by atoms with Gasteiger partial charge in [-0.1, -0.05) is 29.8 Å². The van der Waals surface area contributed by atoms with Gasteiger partial charge in [-0.25, -0.2) is 21.6 Å². The van der Waals surface area contributed by atoms with E-state index in [9.17, 15) is 16.8 Å². The van der Waals surface area contributed by atoms with E-state index >= 15 is 0 Å². The molecule has 1 heterocycles. The average Bonchev–Trinajstić information content (AvgIpc) is 2.69. The van der Waals surface area contributed by atoms with Crippen LogP contribution >= 0.6 is 0 Å². The first kappa shape index (κ1) is 20.9. The second-order valence-corrected chi connectivity index (χ2v) is 10.3. The zero-order chi connectivity index (χ0) is 20.2. The highest BCUT2D eigenvalue weighted by Crippen LogP contribution is 2.19. The number of hydrogen-bond donors (Lipinski definition) is 1. The lowest BCUT2D eigenvalue weighted by Gasteiger charge is -2.26. The van der Waals surface area contributed by atoms with Crippen molar-refractivity contribution in [3.05, 3.63) is 59.7 Å². The van der Waals surface area contributed by atoms with Gasteiger partial charge < -0.3 is 4.74 Å². The van der Waals surface area contributed by atoms with Gasteiger partial charge in [0.2, 0.25) is 20.0 Å². The Bertz CT molecular complexity index is 1010. The van der Waals surface area contributed by atoms with Crippen LogP contribution in [-0.2, 0) is 31.2 Å². The highest BCUT2D eigenvalue weighted by Gasteiger charge is 2.26. The fourth-order valence-electron chi connectivity index (χ4n) is 3.01. The molecule has 0 bridgehead atoms. The Morgan fingerprint density at radius 1 is 0.964 bits per heavy atom. The predicted molar refractivity (Wildman–Crippen MR) is 106 cm³/mol. The number of aryl methyl sites for hydroxylation is 1. The SMILES string of the molecule is Cc1cccc(CCNS(=O)(=O)c2ccc(S(=O)(=O)N3CCOCC3)cc2)c1. The third-order valence-corrected chi connectivity index (χ3v) is 7.92. The summed E-state index contributed by atoms with van der Waals surface area (Å²) in [4.78, 5) is 0.116. The minimum atomic E-state index is -3.71. The minimum Gasteiger partial charge on any atom is -0.379 e. The summed E-state index contributed by atoms with van der Waals surface area (Å²) < 4.78 is 59.2. The van der Waals surface area contributed by atoms with Crippen LogP contribution in [0, 0.1) is 6.92 Å². The first-order valence-electron chi connectivity index (χ1n) is 9.02. The Balaban J connectivity index is 1.66. The van der Waals surface area contributed by atoms with E-state index in [0.717, 1.165) is 11.1 Å². The fraction of sp³-hybridized carbons (Fsp3) is 0.368. The first-order valence-corrected chi connectivity index (χ1v) is 11.9. The molecule has 7 nitrogen and oxygen atoms in total. The Labute approximate surface area is 166 Å². The van der Waals surface area contributed by atoms with Crippen molar-refractivity contribution in [1.82, 2.24) is 9.03 Å². The van der Waals surface area contributed by atoms with Gasteiger partial charge in [-0.05, 0) is 43.2 Å². The van der Waals surface area contributed by atoms with Crippen LogP contribution in [0.4, 0.5) is 0 Å². The molecule has 0 unspecified atom stereocenters. The maximum absolute atomic E-state index is 12.6. The molecular weight excluding hydrogens is 400 g/mol. The molecule has 0 radical (unpaired) electrons. The third kappa shape index (κ3) is 4.98. The Hall–Kier alpha value is -1.78. The van der Waals surface area contributed by atoms with Crippen molar-refractivity contribution in [2.75, 3.05) is 32.8 Å². The van der Waals surface area contributed by atoms with Crippen LogP contribution in [0.5, 0.6) is 0 Å². The van der Waals surface area contributed by atoms with E-state index in [1.54, 1.807) is 0 Å². The van der Waals surface area contributed by atoms with E-state index in [4.69, 9.17) is 4.74 Å². The van der Waals surface area contributed by atoms with Crippen LogP contribution in [0.15, 0.2) is 58.3 Å². The lowest BCUT2D eigenvalue weighted by atomic mass is 10.1. The predicted octanol–water partition coefficient (Wildman–Crippen LogP) is 1.54. The van der Waals surface area contributed by atoms with Gasteiger partial charge in [0.25, 0.3) is 0 Å². The zero-order valence-corrected chi connectivity index (χ0v) is 17.3. The number of rotatable bonds is 7. The molecule has 1 aliphatic heterocycles. The molecule has 1 saturated heterocycles. The Kier molecular flexibility index (Phi) is 6.51. The highest BCUT2D eigenvalue weighted by molar-refractivity contribution is 7.89. The molecule has 0 atom stereocenters. The lowest BCUT2D eigenvalue weighted by molar-refractivity contribution is 0.0730. The van der Waals surface area contributed by atoms with E-state index in [1.165, 1.54) is 28.6 Å². The molecule has 3 rings (SSSR count). The van der Waals surface area contributed by atoms with Gasteiger partial charge in [0.15, 0.2) is 0 Å². The standard InChI is InChI=1S/C19H24N2O5S2/c1-16-3-2-4-17(15-16)9-10-20-27(22,23)18-5-7-19(8-6-18)28(24,25)21-11-13-26-14-12-21/h2-8,15,20H,9-14H2,1H3. The van der Waals surface area contributed by atoms with Crippen molar-refractivity contribution in [3.8, 4) is 0 Å². The number of ether oxygens (including phenoxy) is 1. The van der Waals surface area contributed by atoms with Crippen molar-refractivity contribution in [1.29, 1.82) is 0 Å². The zero-order valence-electron chi connectivity index (χ0n) is 15.7. The maximum atomic E-state index is 12.6. The maximum Gasteiger partial charge on any atom is 0.243 e. The highest BCUT2D eigenvalue weighted by atomic mass is 32.2. The number of nitrogens with one attached hydrogen (secondary N) is 1. The second-order valence-electron chi connectivity index (χ2n) is 6.62. The molecule has 0 spiro atoms. The molecule has 2 aromatic carbocycles. The van der Waals surface area contributed by atoms with Crippen LogP contribution in [0.1, 0.15) is 11.1 Å². The quantitative estimate of drug-likeness (QED) is 0.728. The molecule has 1 N–H and O–H groups in total. The smallest absolute Gasteiger partial charge is 0.243 e. The van der Waals surface area contributed by atoms with Crippen LogP contribution in [0.3, 0.4) is 0 Å². The Morgan fingerprint density at radius 2 is 1.61 bits per heavy atom. The molecule has 9 heteroatoms. The largest absolute Gasteiger partial charge is 0.379 e. The molecule has 28 heavy (non-hydrogen) atoms. The van der Waals surface area contributed by atoms with Crippen LogP contribution < -0.4 is 4.72 Å². The summed E-state index contributed by atoms with van der Waals surface area (Å²) in [5.74, 6) is 0. The van der Waals surface area contributed by atoms with Crippen molar-refractivity contribution in [2.45, 2.75) is 23.1 Å². The lowest BCUT2D eigenvalue weighted by Crippen LogP contribution is -2.40. The van der Waals surface area contributed by atoms with E-state index in [0.29, 0.717) is 32.7 Å². The molecule has 152 valence electrons. The number of morpholine rings is 1. The minimum absolute atomic E-state index is 0.0395. The van der Waals surface area contributed by atoms with Gasteiger partial charge in [-0.3, -0.25) is 0 Å². The van der Waals surface area contributed by atoms with E-state index in [1.807, 2.05) is 31.2 Å². The van der Waals surface area contributed by atoms with Crippen molar-refractivity contribution in [3.63, 3.8) is 0 Å². The summed E-state index contributed by atoms with van der Waals surface area (Å²) in [6.07, 6.45) is 0.574. The molecule has 1 fully saturated rings. The van der Waals surface area contributed by atoms with E-state index < -0.39 is 20.0 Å². The van der Waals surface area contributed by atoms with Crippen LogP contribution in [-0.4, -0.2) is 54.0 Å². The number of benzene rings is 2. The first-order chi connectivity index (χ1) is 13.3. The normalized spacial score (nSPS) is 16.2. The fourth-order valence-corrected chi connectivity index (χ4v) is 5.45. The monoisotopic (exact) mass is 424 g/mol. The summed E-state index contributed by atoms with van der Waals surface area (Å²) in [5, 5.41) is 0. The summed E-state index contributed by atoms with van der Waals surface area (Å²) in [6.45, 7) is 3.55. The topological polar surface area (TPSA) is 92.8 Å². The van der Waals surface area contributed by atoms with E-state index in [-0.39, 0.29) is 16.3 Å². The summed E-state index contributed by atoms with van der Waals surface area (Å²) >= 11 is 0. The molecule has 1 aliphatic rings. The van der Waals surface area contributed by atoms with Crippen LogP contribution in [0.2, 0.25) is 0 Å². The number of sulfonamides is 2. The molecule has 2 aromatic rings. The average molecular weight is 425 g/mol. The van der Waals surface area contributed by atoms with Gasteiger partial charge in [0.05, 0.1) is 23.0 Å². The van der Waals surface area contributed by atoms with Crippen LogP contribution in [0.25, 0.3) is 0 Å². The van der Waals surface area contributed by atoms with Gasteiger partial charge in [0.1, 0.15) is 0 Å². The van der Waals surface area contributed by atoms with Crippen molar-refractivity contribution < 1.29 is 21.6 Å². The van der Waals surface area contributed by atoms with Gasteiger partial charge in [-0.2, -0.15) is 4.31 Å². The molecule has 0 aromatic heterocycles. The van der Waals surface area contributed by atoms with E-state index in [2.05, 4.69) is 4.72 Å². The van der Waals surface area contributed by atoms with Gasteiger partial charge in [-0.15, -0.1) is 0 Å². The summed E-state index contributed by atoms with van der Waals surface area (Å²) in [7, 11) is -7.35. The second kappa shape index (κ2) is 8.71. The summed E-state index contributed by atoms with van der Waals surface area (Å²) in [5.41, 5.74) is 2.17. The Morgan fingerprint density at radius 3 is 2.25 bits per heavy atom.